The molecule has 3 rings (SSSR count). The summed E-state index contributed by atoms with van der Waals surface area (Å²) in [6.45, 7) is 0. The number of benzene rings is 1. The number of nitrogens with two attached hydrogens (primary N) is 1. The molecule has 0 aliphatic heterocycles. The van der Waals surface area contributed by atoms with Gasteiger partial charge < -0.3 is 5.73 Å². The lowest BCUT2D eigenvalue weighted by Gasteiger charge is -2.00. The fourth-order valence-corrected chi connectivity index (χ4v) is 2.86. The van der Waals surface area contributed by atoms with E-state index in [9.17, 15) is 0 Å². The summed E-state index contributed by atoms with van der Waals surface area (Å²) < 4.78 is 1.06. The van der Waals surface area contributed by atoms with Crippen molar-refractivity contribution in [1.29, 1.82) is 0 Å². The topological polar surface area (TPSA) is 51.8 Å². The van der Waals surface area contributed by atoms with E-state index in [1.165, 1.54) is 0 Å². The Hall–Kier alpha value is -1.72. The Labute approximate surface area is 123 Å². The monoisotopic (exact) mass is 331 g/mol. The lowest BCUT2D eigenvalue weighted by molar-refractivity contribution is 1.31. The van der Waals surface area contributed by atoms with Crippen molar-refractivity contribution in [2.75, 3.05) is 5.73 Å². The summed E-state index contributed by atoms with van der Waals surface area (Å²) in [5, 5.41) is 2.92. The predicted octanol–water partition coefficient (Wildman–Crippen LogP) is 4.22. The summed E-state index contributed by atoms with van der Waals surface area (Å²) in [7, 11) is 0. The van der Waals surface area contributed by atoms with Crippen LogP contribution in [0, 0.1) is 0 Å². The van der Waals surface area contributed by atoms with E-state index in [2.05, 4.69) is 25.9 Å². The number of aromatic nitrogens is 2. The normalized spacial score (nSPS) is 10.6. The quantitative estimate of drug-likeness (QED) is 0.764. The molecule has 0 aliphatic rings. The molecule has 1 aromatic carbocycles. The van der Waals surface area contributed by atoms with Crippen LogP contribution >= 0.6 is 27.3 Å². The molecule has 2 aromatic heterocycles. The van der Waals surface area contributed by atoms with Gasteiger partial charge in [-0.05, 0) is 18.2 Å². The van der Waals surface area contributed by atoms with Crippen LogP contribution in [0.2, 0.25) is 0 Å². The molecule has 0 aliphatic carbocycles. The van der Waals surface area contributed by atoms with Gasteiger partial charge in [-0.3, -0.25) is 4.98 Å². The van der Waals surface area contributed by atoms with Gasteiger partial charge in [0.05, 0.1) is 11.3 Å². The minimum Gasteiger partial charge on any atom is -0.398 e. The molecule has 2 heterocycles. The third-order valence-corrected chi connectivity index (χ3v) is 4.13. The number of anilines is 1. The number of pyridine rings is 1. The highest BCUT2D eigenvalue weighted by Crippen LogP contribution is 2.31. The predicted molar refractivity (Wildman–Crippen MR) is 82.9 cm³/mol. The molecule has 0 spiro atoms. The van der Waals surface area contributed by atoms with Crippen molar-refractivity contribution < 1.29 is 0 Å². The third kappa shape index (κ3) is 2.52. The minimum absolute atomic E-state index is 0.701. The zero-order chi connectivity index (χ0) is 13.2. The number of nitrogens with zero attached hydrogens (tertiary/aromatic N) is 2. The van der Waals surface area contributed by atoms with E-state index in [0.717, 1.165) is 26.3 Å². The fourth-order valence-electron chi connectivity index (χ4n) is 1.73. The molecule has 0 radical (unpaired) electrons. The maximum absolute atomic E-state index is 5.94. The second-order valence-corrected chi connectivity index (χ2v) is 5.78. The van der Waals surface area contributed by atoms with Gasteiger partial charge in [-0.2, -0.15) is 0 Å². The molecule has 0 atom stereocenters. The number of thiazole rings is 1. The molecule has 0 unspecified atom stereocenters. The highest BCUT2D eigenvalue weighted by molar-refractivity contribution is 9.10. The molecule has 0 bridgehead atoms. The summed E-state index contributed by atoms with van der Waals surface area (Å²) in [5.74, 6) is 0. The van der Waals surface area contributed by atoms with Crippen molar-refractivity contribution in [3.8, 4) is 21.8 Å². The Morgan fingerprint density at radius 2 is 1.89 bits per heavy atom. The van der Waals surface area contributed by atoms with E-state index in [4.69, 9.17) is 5.73 Å². The average molecular weight is 332 g/mol. The van der Waals surface area contributed by atoms with E-state index in [0.29, 0.717) is 5.69 Å². The lowest BCUT2D eigenvalue weighted by Crippen LogP contribution is -1.90. The van der Waals surface area contributed by atoms with E-state index < -0.39 is 0 Å². The molecule has 0 amide bonds. The summed E-state index contributed by atoms with van der Waals surface area (Å²) >= 11 is 5.00. The molecule has 5 heteroatoms. The van der Waals surface area contributed by atoms with Gasteiger partial charge in [-0.15, -0.1) is 11.3 Å². The SMILES string of the molecule is Nc1ccncc1-c1nc(-c2ccc(Br)cc2)cs1. The highest BCUT2D eigenvalue weighted by atomic mass is 79.9. The van der Waals surface area contributed by atoms with Crippen LogP contribution in [0.15, 0.2) is 52.6 Å². The second-order valence-electron chi connectivity index (χ2n) is 4.01. The number of hydrogen-bond acceptors (Lipinski definition) is 4. The zero-order valence-corrected chi connectivity index (χ0v) is 12.3. The summed E-state index contributed by atoms with van der Waals surface area (Å²) in [6, 6.07) is 9.88. The first-order valence-corrected chi connectivity index (χ1v) is 7.32. The highest BCUT2D eigenvalue weighted by Gasteiger charge is 2.09. The molecule has 19 heavy (non-hydrogen) atoms. The second kappa shape index (κ2) is 5.11. The smallest absolute Gasteiger partial charge is 0.127 e. The van der Waals surface area contributed by atoms with Crippen molar-refractivity contribution in [2.24, 2.45) is 0 Å². The minimum atomic E-state index is 0.701. The van der Waals surface area contributed by atoms with Gasteiger partial charge in [-0.25, -0.2) is 4.98 Å². The number of halogens is 1. The summed E-state index contributed by atoms with van der Waals surface area (Å²) in [6.07, 6.45) is 3.43. The Morgan fingerprint density at radius 3 is 2.63 bits per heavy atom. The first kappa shape index (κ1) is 12.3. The Kier molecular flexibility index (Phi) is 3.31. The van der Waals surface area contributed by atoms with Gasteiger partial charge in [0.1, 0.15) is 5.01 Å². The average Bonchev–Trinajstić information content (AvgIpc) is 2.89. The Balaban J connectivity index is 2.00. The number of nitrogen functional groups attached to an aromatic ring is 1. The molecular formula is C14H10BrN3S. The van der Waals surface area contributed by atoms with Gasteiger partial charge in [0, 0.05) is 33.5 Å². The molecule has 94 valence electrons. The van der Waals surface area contributed by atoms with Crippen molar-refractivity contribution >= 4 is 33.0 Å². The van der Waals surface area contributed by atoms with Crippen LogP contribution in [0.25, 0.3) is 21.8 Å². The largest absolute Gasteiger partial charge is 0.398 e. The van der Waals surface area contributed by atoms with Crippen molar-refractivity contribution in [1.82, 2.24) is 9.97 Å². The van der Waals surface area contributed by atoms with Gasteiger partial charge in [0.15, 0.2) is 0 Å². The summed E-state index contributed by atoms with van der Waals surface area (Å²) in [4.78, 5) is 8.72. The van der Waals surface area contributed by atoms with Crippen LogP contribution in [0.5, 0.6) is 0 Å². The van der Waals surface area contributed by atoms with Crippen LogP contribution in [0.3, 0.4) is 0 Å². The molecular weight excluding hydrogens is 322 g/mol. The van der Waals surface area contributed by atoms with Crippen LogP contribution < -0.4 is 5.73 Å². The lowest BCUT2D eigenvalue weighted by atomic mass is 10.2. The van der Waals surface area contributed by atoms with E-state index in [1.54, 1.807) is 29.8 Å². The zero-order valence-electron chi connectivity index (χ0n) is 9.88. The Bertz CT molecular complexity index is 707. The van der Waals surface area contributed by atoms with Crippen LogP contribution in [-0.4, -0.2) is 9.97 Å². The van der Waals surface area contributed by atoms with Gasteiger partial charge in [-0.1, -0.05) is 28.1 Å². The molecule has 0 saturated heterocycles. The van der Waals surface area contributed by atoms with Gasteiger partial charge >= 0.3 is 0 Å². The fraction of sp³-hybridized carbons (Fsp3) is 0. The van der Waals surface area contributed by atoms with E-state index >= 15 is 0 Å². The van der Waals surface area contributed by atoms with Crippen LogP contribution in [0.1, 0.15) is 0 Å². The standard InChI is InChI=1S/C14H10BrN3S/c15-10-3-1-9(2-4-10)13-8-19-14(18-13)11-7-17-6-5-12(11)16/h1-8H,(H2,16,17). The van der Waals surface area contributed by atoms with Crippen molar-refractivity contribution in [2.45, 2.75) is 0 Å². The maximum atomic E-state index is 5.94. The van der Waals surface area contributed by atoms with Gasteiger partial charge in [0.25, 0.3) is 0 Å². The summed E-state index contributed by atoms with van der Waals surface area (Å²) in [5.41, 5.74) is 9.57. The third-order valence-electron chi connectivity index (χ3n) is 2.73. The molecule has 3 aromatic rings. The first-order valence-electron chi connectivity index (χ1n) is 5.65. The number of hydrogen-bond donors (Lipinski definition) is 1. The van der Waals surface area contributed by atoms with Crippen LogP contribution in [0.4, 0.5) is 5.69 Å². The molecule has 0 saturated carbocycles. The maximum Gasteiger partial charge on any atom is 0.127 e. The van der Waals surface area contributed by atoms with Crippen molar-refractivity contribution in [3.63, 3.8) is 0 Å². The molecule has 0 fully saturated rings. The van der Waals surface area contributed by atoms with Crippen LogP contribution in [-0.2, 0) is 0 Å². The molecule has 3 nitrogen and oxygen atoms in total. The van der Waals surface area contributed by atoms with E-state index in [1.807, 2.05) is 29.6 Å². The van der Waals surface area contributed by atoms with E-state index in [-0.39, 0.29) is 0 Å². The first-order chi connectivity index (χ1) is 9.24. The van der Waals surface area contributed by atoms with Gasteiger partial charge in [0.2, 0.25) is 0 Å². The number of rotatable bonds is 2. The Morgan fingerprint density at radius 1 is 1.11 bits per heavy atom. The van der Waals surface area contributed by atoms with Crippen molar-refractivity contribution in [3.05, 3.63) is 52.6 Å². The molecule has 2 N–H and O–H groups in total.